The van der Waals surface area contributed by atoms with E-state index in [1.165, 1.54) is 19.9 Å². The smallest absolute Gasteiger partial charge is 0.544 e. The van der Waals surface area contributed by atoms with E-state index in [0.29, 0.717) is 29.8 Å². The van der Waals surface area contributed by atoms with Crippen molar-refractivity contribution in [2.24, 2.45) is 5.73 Å². The molecule has 440 valence electrons. The van der Waals surface area contributed by atoms with Crippen LogP contribution >= 0.6 is 11.8 Å². The number of aliphatic hydroxyl groups excluding tert-OH is 6. The van der Waals surface area contributed by atoms with Crippen LogP contribution in [0.25, 0.3) is 22.3 Å². The van der Waals surface area contributed by atoms with Gasteiger partial charge in [-0.2, -0.15) is 11.8 Å². The van der Waals surface area contributed by atoms with E-state index < -0.39 is 109 Å². The number of carboxylic acids is 1. The summed E-state index contributed by atoms with van der Waals surface area (Å²) in [6.07, 6.45) is -12.3. The average Bonchev–Trinajstić information content (AvgIpc) is 2.35. The monoisotopic (exact) mass is 1170 g/mol. The van der Waals surface area contributed by atoms with Gasteiger partial charge in [-0.15, -0.1) is 6.58 Å². The number of aliphatic hydroxyl groups is 6. The van der Waals surface area contributed by atoms with Gasteiger partial charge in [0.25, 0.3) is 5.79 Å². The van der Waals surface area contributed by atoms with Crippen LogP contribution in [0.2, 0.25) is 0 Å². The molecule has 0 bridgehead atoms. The van der Waals surface area contributed by atoms with E-state index in [-0.39, 0.29) is 80.0 Å². The Kier molecular flexibility index (Phi) is 28.6. The number of hydrogen-bond donors (Lipinski definition) is 9. The Morgan fingerprint density at radius 3 is 1.49 bits per heavy atom. The van der Waals surface area contributed by atoms with Crippen molar-refractivity contribution in [1.29, 1.82) is 0 Å². The molecule has 10 N–H and O–H groups in total. The summed E-state index contributed by atoms with van der Waals surface area (Å²) in [6.45, 7) is 6.24. The van der Waals surface area contributed by atoms with Gasteiger partial charge in [-0.05, 0) is 47.3 Å². The molecule has 0 spiro atoms. The first kappa shape index (κ1) is 69.2. The number of nitrogens with one attached hydrogen (secondary N) is 2. The number of carbonyl (C=O) groups is 6. The van der Waals surface area contributed by atoms with Gasteiger partial charge in [-0.25, -0.2) is 4.79 Å². The molecule has 0 aromatic heterocycles. The largest absolute Gasteiger partial charge is 1.00 e. The van der Waals surface area contributed by atoms with Crippen molar-refractivity contribution in [3.05, 3.63) is 133 Å². The van der Waals surface area contributed by atoms with E-state index in [1.807, 2.05) is 84.9 Å². The topological polar surface area (TPSA) is 343 Å². The number of aliphatic carboxylic acids is 1. The molecular formula is C59H74N3NaO18S. The number of rotatable bonds is 28. The Morgan fingerprint density at radius 2 is 1.10 bits per heavy atom. The summed E-state index contributed by atoms with van der Waals surface area (Å²) in [6, 6.07) is 31.0. The van der Waals surface area contributed by atoms with Gasteiger partial charge < -0.3 is 80.6 Å². The van der Waals surface area contributed by atoms with Gasteiger partial charge in [0.15, 0.2) is 11.6 Å². The van der Waals surface area contributed by atoms with Gasteiger partial charge in [-0.1, -0.05) is 115 Å². The molecule has 2 aliphatic rings. The number of carbonyl (C=O) groups excluding carboxylic acids is 6. The zero-order chi connectivity index (χ0) is 59.3. The number of benzene rings is 4. The minimum Gasteiger partial charge on any atom is -0.544 e. The van der Waals surface area contributed by atoms with E-state index in [1.54, 1.807) is 36.0 Å². The van der Waals surface area contributed by atoms with Crippen molar-refractivity contribution < 1.29 is 118 Å². The molecule has 0 radical (unpaired) electrons. The average molecular weight is 1170 g/mol. The molecule has 6 rings (SSSR count). The number of amides is 2. The number of nitrogens with two attached hydrogens (primary N) is 1. The number of thioether (sulfide) groups is 1. The summed E-state index contributed by atoms with van der Waals surface area (Å²) in [5.41, 5.74) is 10.2. The minimum absolute atomic E-state index is 0. The van der Waals surface area contributed by atoms with Crippen molar-refractivity contribution in [2.75, 3.05) is 38.4 Å². The number of methoxy groups -OCH3 is 1. The minimum atomic E-state index is -2.42. The molecule has 2 amide bonds. The van der Waals surface area contributed by atoms with Crippen LogP contribution in [0.1, 0.15) is 79.5 Å². The molecule has 2 saturated heterocycles. The summed E-state index contributed by atoms with van der Waals surface area (Å²) < 4.78 is 27.4. The number of ether oxygens (including phenoxy) is 5. The zero-order valence-corrected chi connectivity index (χ0v) is 49.3. The molecule has 2 fully saturated rings. The number of ketones is 2. The summed E-state index contributed by atoms with van der Waals surface area (Å²) in [4.78, 5) is 74.0. The second-order valence-electron chi connectivity index (χ2n) is 19.6. The van der Waals surface area contributed by atoms with Gasteiger partial charge >= 0.3 is 35.5 Å². The molecule has 2 aliphatic heterocycles. The van der Waals surface area contributed by atoms with Crippen molar-refractivity contribution in [3.63, 3.8) is 0 Å². The molecule has 2 heterocycles. The Morgan fingerprint density at radius 1 is 0.683 bits per heavy atom. The second-order valence-corrected chi connectivity index (χ2v) is 20.8. The maximum atomic E-state index is 12.8. The maximum Gasteiger partial charge on any atom is 1.00 e. The standard InChI is InChI=1S/C30H40N2O9S.C29H35NO9.Na/c1-19(33)32-26-25(36)18-30(29(38)39,40-15-5-16-42-17-14-31)41-28(26)27(37)24(35)13-12-23(34)22-10-8-21(9-11-22)20-6-3-2-4-7-20;1-4-16-38-29(28(36)37-3)17-24(34)25(30-18(2)31)27(39-29)26(35)23(33)15-14-22(32)21-12-10-20(11-13-21)19-8-6-5-7-9-19;/h2-4,6-11,24-28,35-37H,5,12-18,31H2,1H3,(H,32,33)(H,38,39);4-13,23-27,33-35H,1,14-17H2,2-3H3,(H,30,31);/q;;+1/p-1/t24-,25-,26-,27-,28?,30-;23-,24-,25-,26-,27?,29-;/m11./s1. The fraction of sp³-hybridized carbons (Fsp3) is 0.458. The zero-order valence-electron chi connectivity index (χ0n) is 46.5. The number of hydrogen-bond acceptors (Lipinski definition) is 20. The SMILES string of the molecule is C=CCO[C@]1(C(=O)OC)C[C@@H](O)[C@@H](NC(C)=O)C([C@H](O)[C@H](O)CCC(=O)c2ccc(-c3ccccc3)cc2)O1.CC(=O)N[C@H]1C([C@H](O)[C@H](O)CCC(=O)c2ccc(-c3ccccc3)cc2)O[C@@](OCCCSCCN)(C(=O)[O-])C[C@H]1O.[Na+]. The van der Waals surface area contributed by atoms with E-state index in [9.17, 15) is 64.5 Å². The molecule has 2 unspecified atom stereocenters. The maximum absolute atomic E-state index is 12.8. The summed E-state index contributed by atoms with van der Waals surface area (Å²) >= 11 is 1.56. The van der Waals surface area contributed by atoms with Gasteiger partial charge in [0.2, 0.25) is 17.6 Å². The predicted molar refractivity (Wildman–Crippen MR) is 297 cm³/mol. The molecular weight excluding hydrogens is 1090 g/mol. The van der Waals surface area contributed by atoms with Crippen LogP contribution in [-0.4, -0.2) is 177 Å². The first-order valence-electron chi connectivity index (χ1n) is 26.5. The van der Waals surface area contributed by atoms with E-state index in [4.69, 9.17) is 29.4 Å². The Balaban J connectivity index is 0.000000349. The third-order valence-corrected chi connectivity index (χ3v) is 14.7. The molecule has 82 heavy (non-hydrogen) atoms. The van der Waals surface area contributed by atoms with Crippen LogP contribution in [0.3, 0.4) is 0 Å². The van der Waals surface area contributed by atoms with Crippen LogP contribution in [0.5, 0.6) is 0 Å². The van der Waals surface area contributed by atoms with Crippen molar-refractivity contribution >= 4 is 47.1 Å². The van der Waals surface area contributed by atoms with Crippen molar-refractivity contribution in [1.82, 2.24) is 10.6 Å². The van der Waals surface area contributed by atoms with Crippen molar-refractivity contribution in [3.8, 4) is 22.3 Å². The van der Waals surface area contributed by atoms with Gasteiger partial charge in [-0.3, -0.25) is 19.2 Å². The van der Waals surface area contributed by atoms with Crippen LogP contribution in [0.4, 0.5) is 0 Å². The summed E-state index contributed by atoms with van der Waals surface area (Å²) in [5.74, 6) is -7.51. The van der Waals surface area contributed by atoms with Crippen LogP contribution in [0, 0.1) is 0 Å². The van der Waals surface area contributed by atoms with Gasteiger partial charge in [0.05, 0.1) is 56.8 Å². The Bertz CT molecular complexity index is 2680. The van der Waals surface area contributed by atoms with Crippen LogP contribution in [0.15, 0.2) is 122 Å². The molecule has 0 aliphatic carbocycles. The van der Waals surface area contributed by atoms with Gasteiger partial charge in [0, 0.05) is 63.0 Å². The van der Waals surface area contributed by atoms with E-state index in [0.717, 1.165) is 35.1 Å². The molecule has 4 aromatic rings. The quantitative estimate of drug-likeness (QED) is 0.0108. The summed E-state index contributed by atoms with van der Waals surface area (Å²) in [7, 11) is 1.11. The molecule has 21 nitrogen and oxygen atoms in total. The Labute approximate surface area is 503 Å². The van der Waals surface area contributed by atoms with E-state index >= 15 is 0 Å². The molecule has 0 saturated carbocycles. The number of Topliss-reactive ketones (excluding diaryl/α,β-unsaturated/α-hetero) is 2. The fourth-order valence-electron chi connectivity index (χ4n) is 9.40. The van der Waals surface area contributed by atoms with E-state index in [2.05, 4.69) is 17.2 Å². The molecule has 4 aromatic carbocycles. The molecule has 12 atom stereocenters. The Hall–Kier alpha value is -5.25. The van der Waals surface area contributed by atoms with Gasteiger partial charge in [0.1, 0.15) is 30.4 Å². The fourth-order valence-corrected chi connectivity index (χ4v) is 10.1. The van der Waals surface area contributed by atoms with Crippen molar-refractivity contribution in [2.45, 2.75) is 131 Å². The first-order valence-corrected chi connectivity index (χ1v) is 27.7. The normalized spacial score (nSPS) is 23.6. The van der Waals surface area contributed by atoms with Crippen LogP contribution < -0.4 is 51.0 Å². The third kappa shape index (κ3) is 19.4. The molecule has 23 heteroatoms. The summed E-state index contributed by atoms with van der Waals surface area (Å²) in [5, 5.41) is 82.4. The number of carboxylic acid groups (broad SMARTS) is 1. The number of esters is 1. The third-order valence-electron chi connectivity index (χ3n) is 13.6. The second kappa shape index (κ2) is 33.9. The first-order chi connectivity index (χ1) is 38.7. The predicted octanol–water partition coefficient (Wildman–Crippen LogP) is -0.994. The van der Waals surface area contributed by atoms with Crippen LogP contribution in [-0.2, 0) is 42.9 Å².